The third-order valence-electron chi connectivity index (χ3n) is 5.22. The third-order valence-corrected chi connectivity index (χ3v) is 6.50. The van der Waals surface area contributed by atoms with Crippen LogP contribution in [0.15, 0.2) is 0 Å². The molecule has 1 fully saturated rings. The number of rotatable bonds is 16. The monoisotopic (exact) mass is 326 g/mol. The minimum atomic E-state index is 1.11. The van der Waals surface area contributed by atoms with Gasteiger partial charge in [-0.2, -0.15) is 11.8 Å². The molecule has 0 aliphatic heterocycles. The lowest BCUT2D eigenvalue weighted by Gasteiger charge is -2.08. The third kappa shape index (κ3) is 12.9. The second-order valence-electron chi connectivity index (χ2n) is 7.44. The van der Waals surface area contributed by atoms with Crippen molar-refractivity contribution in [1.29, 1.82) is 0 Å². The maximum Gasteiger partial charge on any atom is -0.00675 e. The normalized spacial score (nSPS) is 15.7. The van der Waals surface area contributed by atoms with Crippen LogP contribution >= 0.6 is 11.8 Å². The molecule has 1 heteroatoms. The summed E-state index contributed by atoms with van der Waals surface area (Å²) in [5.41, 5.74) is 0. The van der Waals surface area contributed by atoms with Crippen LogP contribution in [0.25, 0.3) is 0 Å². The molecular weight excluding hydrogens is 284 g/mol. The van der Waals surface area contributed by atoms with E-state index in [2.05, 4.69) is 18.7 Å². The predicted molar refractivity (Wildman–Crippen MR) is 105 cm³/mol. The van der Waals surface area contributed by atoms with E-state index in [0.717, 1.165) is 5.92 Å². The first kappa shape index (κ1) is 20.4. The van der Waals surface area contributed by atoms with Gasteiger partial charge < -0.3 is 0 Å². The van der Waals surface area contributed by atoms with E-state index >= 15 is 0 Å². The van der Waals surface area contributed by atoms with Crippen LogP contribution < -0.4 is 0 Å². The molecule has 0 amide bonds. The van der Waals surface area contributed by atoms with E-state index < -0.39 is 0 Å². The smallest absolute Gasteiger partial charge is 0.00675 e. The summed E-state index contributed by atoms with van der Waals surface area (Å²) in [6.45, 7) is 2.28. The van der Waals surface area contributed by atoms with Gasteiger partial charge in [0.15, 0.2) is 0 Å². The van der Waals surface area contributed by atoms with Crippen LogP contribution in [0, 0.1) is 5.92 Å². The standard InChI is InChI=1S/C21H42S/c1-2-19-22-20-15-11-9-7-5-3-4-6-8-10-12-16-21-17-13-14-18-21/h21H,2-20H2,1H3. The van der Waals surface area contributed by atoms with E-state index in [1.165, 1.54) is 121 Å². The van der Waals surface area contributed by atoms with Crippen LogP contribution in [0.3, 0.4) is 0 Å². The molecule has 1 aliphatic carbocycles. The molecule has 0 bridgehead atoms. The van der Waals surface area contributed by atoms with E-state index in [0.29, 0.717) is 0 Å². The van der Waals surface area contributed by atoms with Crippen LogP contribution in [0.5, 0.6) is 0 Å². The highest BCUT2D eigenvalue weighted by molar-refractivity contribution is 7.99. The predicted octanol–water partition coefficient (Wildman–Crippen LogP) is 8.00. The summed E-state index contributed by atoms with van der Waals surface area (Å²) >= 11 is 2.14. The number of thioether (sulfide) groups is 1. The van der Waals surface area contributed by atoms with Crippen molar-refractivity contribution in [2.24, 2.45) is 5.92 Å². The Morgan fingerprint density at radius 1 is 0.636 bits per heavy atom. The first-order valence-electron chi connectivity index (χ1n) is 10.5. The molecule has 0 unspecified atom stereocenters. The van der Waals surface area contributed by atoms with Gasteiger partial charge in [-0.3, -0.25) is 0 Å². The lowest BCUT2D eigenvalue weighted by atomic mass is 9.99. The molecule has 0 aromatic rings. The number of hydrogen-bond acceptors (Lipinski definition) is 1. The highest BCUT2D eigenvalue weighted by atomic mass is 32.2. The molecule has 0 spiro atoms. The quantitative estimate of drug-likeness (QED) is 0.259. The minimum Gasteiger partial charge on any atom is -0.162 e. The van der Waals surface area contributed by atoms with E-state index in [1.807, 2.05) is 0 Å². The lowest BCUT2D eigenvalue weighted by Crippen LogP contribution is -1.92. The Bertz CT molecular complexity index is 208. The number of unbranched alkanes of at least 4 members (excludes halogenated alkanes) is 10. The van der Waals surface area contributed by atoms with Crippen LogP contribution in [0.2, 0.25) is 0 Å². The minimum absolute atomic E-state index is 1.11. The van der Waals surface area contributed by atoms with E-state index in [1.54, 1.807) is 0 Å². The maximum absolute atomic E-state index is 2.28. The molecule has 1 saturated carbocycles. The van der Waals surface area contributed by atoms with Crippen LogP contribution in [-0.2, 0) is 0 Å². The molecule has 0 aromatic carbocycles. The molecule has 0 atom stereocenters. The fraction of sp³-hybridized carbons (Fsp3) is 1.00. The zero-order valence-corrected chi connectivity index (χ0v) is 16.2. The average molecular weight is 327 g/mol. The van der Waals surface area contributed by atoms with Gasteiger partial charge in [-0.25, -0.2) is 0 Å². The van der Waals surface area contributed by atoms with Crippen molar-refractivity contribution in [3.8, 4) is 0 Å². The first-order chi connectivity index (χ1) is 10.9. The van der Waals surface area contributed by atoms with Gasteiger partial charge >= 0.3 is 0 Å². The van der Waals surface area contributed by atoms with Crippen LogP contribution in [-0.4, -0.2) is 11.5 Å². The molecule has 0 heterocycles. The summed E-state index contributed by atoms with van der Waals surface area (Å²) in [4.78, 5) is 0. The molecule has 132 valence electrons. The van der Waals surface area contributed by atoms with Gasteiger partial charge in [0.1, 0.15) is 0 Å². The van der Waals surface area contributed by atoms with Crippen molar-refractivity contribution in [2.75, 3.05) is 11.5 Å². The van der Waals surface area contributed by atoms with Crippen molar-refractivity contribution in [3.05, 3.63) is 0 Å². The Balaban J connectivity index is 1.64. The largest absolute Gasteiger partial charge is 0.162 e. The van der Waals surface area contributed by atoms with Crippen molar-refractivity contribution in [2.45, 2.75) is 116 Å². The van der Waals surface area contributed by atoms with E-state index in [9.17, 15) is 0 Å². The maximum atomic E-state index is 2.28. The summed E-state index contributed by atoms with van der Waals surface area (Å²) < 4.78 is 0. The average Bonchev–Trinajstić information content (AvgIpc) is 3.04. The Hall–Kier alpha value is 0.350. The van der Waals surface area contributed by atoms with Crippen molar-refractivity contribution in [3.63, 3.8) is 0 Å². The second-order valence-corrected chi connectivity index (χ2v) is 8.67. The van der Waals surface area contributed by atoms with Gasteiger partial charge in [-0.1, -0.05) is 103 Å². The highest BCUT2D eigenvalue weighted by Gasteiger charge is 2.13. The molecule has 1 rings (SSSR count). The Morgan fingerprint density at radius 3 is 1.68 bits per heavy atom. The van der Waals surface area contributed by atoms with Crippen molar-refractivity contribution < 1.29 is 0 Å². The van der Waals surface area contributed by atoms with Gasteiger partial charge in [0.25, 0.3) is 0 Å². The Labute approximate surface area is 145 Å². The lowest BCUT2D eigenvalue weighted by molar-refractivity contribution is 0.460. The summed E-state index contributed by atoms with van der Waals surface area (Å²) in [6, 6.07) is 0. The molecule has 0 N–H and O–H groups in total. The van der Waals surface area contributed by atoms with E-state index in [-0.39, 0.29) is 0 Å². The fourth-order valence-corrected chi connectivity index (χ4v) is 4.67. The Kier molecular flexibility index (Phi) is 15.0. The van der Waals surface area contributed by atoms with Crippen molar-refractivity contribution in [1.82, 2.24) is 0 Å². The molecule has 0 saturated heterocycles. The fourth-order valence-electron chi connectivity index (χ4n) is 3.77. The molecule has 0 nitrogen and oxygen atoms in total. The molecule has 0 radical (unpaired) electrons. The van der Waals surface area contributed by atoms with Gasteiger partial charge in [-0.15, -0.1) is 0 Å². The molecular formula is C21H42S. The van der Waals surface area contributed by atoms with Crippen LogP contribution in [0.1, 0.15) is 116 Å². The summed E-state index contributed by atoms with van der Waals surface area (Å²) in [5.74, 6) is 3.87. The summed E-state index contributed by atoms with van der Waals surface area (Å²) in [7, 11) is 0. The van der Waals surface area contributed by atoms with E-state index in [4.69, 9.17) is 0 Å². The zero-order valence-electron chi connectivity index (χ0n) is 15.4. The first-order valence-corrected chi connectivity index (χ1v) is 11.7. The van der Waals surface area contributed by atoms with Gasteiger partial charge in [-0.05, 0) is 30.3 Å². The van der Waals surface area contributed by atoms with Gasteiger partial charge in [0, 0.05) is 0 Å². The van der Waals surface area contributed by atoms with Gasteiger partial charge in [0.05, 0.1) is 0 Å². The topological polar surface area (TPSA) is 0 Å². The zero-order chi connectivity index (χ0) is 15.7. The Morgan fingerprint density at radius 2 is 1.14 bits per heavy atom. The SMILES string of the molecule is CCCSCCCCCCCCCCCCCC1CCCC1. The summed E-state index contributed by atoms with van der Waals surface area (Å²) in [6.07, 6.45) is 25.4. The molecule has 0 aromatic heterocycles. The highest BCUT2D eigenvalue weighted by Crippen LogP contribution is 2.29. The molecule has 22 heavy (non-hydrogen) atoms. The molecule has 1 aliphatic rings. The van der Waals surface area contributed by atoms with Crippen molar-refractivity contribution >= 4 is 11.8 Å². The number of hydrogen-bond donors (Lipinski definition) is 0. The summed E-state index contributed by atoms with van der Waals surface area (Å²) in [5, 5.41) is 0. The van der Waals surface area contributed by atoms with Gasteiger partial charge in [0.2, 0.25) is 0 Å². The van der Waals surface area contributed by atoms with Crippen LogP contribution in [0.4, 0.5) is 0 Å². The second kappa shape index (κ2) is 16.2.